The van der Waals surface area contributed by atoms with E-state index < -0.39 is 36.5 Å². The topological polar surface area (TPSA) is 20.2 Å². The molecule has 0 aliphatic carbocycles. The molecule has 0 aliphatic heterocycles. The molecule has 136 valence electrons. The molecule has 10 heteroatoms. The average Bonchev–Trinajstić information content (AvgIpc) is 2.46. The Balaban J connectivity index is 2.95. The van der Waals surface area contributed by atoms with Crippen molar-refractivity contribution < 1.29 is 44.6 Å². The Labute approximate surface area is 130 Å². The van der Waals surface area contributed by atoms with Crippen LogP contribution in [0.2, 0.25) is 0 Å². The van der Waals surface area contributed by atoms with Gasteiger partial charge in [-0.15, -0.1) is 0 Å². The van der Waals surface area contributed by atoms with Gasteiger partial charge in [0.05, 0.1) is 0 Å². The van der Waals surface area contributed by atoms with E-state index in [9.17, 15) is 39.5 Å². The molecule has 1 N–H and O–H groups in total. The molecule has 1 aromatic carbocycles. The summed E-state index contributed by atoms with van der Waals surface area (Å²) >= 11 is 0. The van der Waals surface area contributed by atoms with Crippen LogP contribution in [0.25, 0.3) is 6.08 Å². The molecule has 1 rings (SSSR count). The summed E-state index contributed by atoms with van der Waals surface area (Å²) in [5.41, 5.74) is 0.417. The van der Waals surface area contributed by atoms with Crippen LogP contribution in [0.1, 0.15) is 12.0 Å². The number of alkyl halides is 9. The van der Waals surface area contributed by atoms with E-state index >= 15 is 0 Å². The van der Waals surface area contributed by atoms with Gasteiger partial charge in [-0.25, -0.2) is 0 Å². The zero-order valence-electron chi connectivity index (χ0n) is 11.7. The molecule has 0 amide bonds. The molecule has 0 spiro atoms. The number of rotatable bonds is 6. The maximum absolute atomic E-state index is 13.3. The summed E-state index contributed by atoms with van der Waals surface area (Å²) in [4.78, 5) is 0. The summed E-state index contributed by atoms with van der Waals surface area (Å²) in [6.45, 7) is 0. The standard InChI is InChI=1S/C14H11F9O/c15-11(16,12(17,18)13(19,20)14(21,22)23)10(24)8-4-7-9-5-2-1-3-6-9/h1-7,10,24H,8H2. The highest BCUT2D eigenvalue weighted by atomic mass is 19.4. The molecule has 1 unspecified atom stereocenters. The van der Waals surface area contributed by atoms with Crippen molar-refractivity contribution in [3.63, 3.8) is 0 Å². The van der Waals surface area contributed by atoms with Crippen LogP contribution in [0.5, 0.6) is 0 Å². The first-order valence-electron chi connectivity index (χ1n) is 6.35. The molecule has 1 atom stereocenters. The van der Waals surface area contributed by atoms with Crippen LogP contribution in [0, 0.1) is 0 Å². The average molecular weight is 366 g/mol. The molecule has 1 aromatic rings. The third-order valence-electron chi connectivity index (χ3n) is 3.06. The van der Waals surface area contributed by atoms with Crippen molar-refractivity contribution in [1.82, 2.24) is 0 Å². The van der Waals surface area contributed by atoms with Gasteiger partial charge in [-0.05, 0) is 12.0 Å². The number of benzene rings is 1. The Hall–Kier alpha value is -1.71. The number of halogens is 9. The maximum Gasteiger partial charge on any atom is 0.460 e. The van der Waals surface area contributed by atoms with E-state index in [1.54, 1.807) is 18.2 Å². The van der Waals surface area contributed by atoms with Gasteiger partial charge >= 0.3 is 23.9 Å². The number of aliphatic hydroxyl groups is 1. The van der Waals surface area contributed by atoms with Crippen molar-refractivity contribution >= 4 is 6.08 Å². The maximum atomic E-state index is 13.3. The Morgan fingerprint density at radius 1 is 0.833 bits per heavy atom. The van der Waals surface area contributed by atoms with Crippen LogP contribution in [-0.4, -0.2) is 35.2 Å². The van der Waals surface area contributed by atoms with Crippen LogP contribution >= 0.6 is 0 Å². The third-order valence-corrected chi connectivity index (χ3v) is 3.06. The molecule has 0 heterocycles. The lowest BCUT2D eigenvalue weighted by atomic mass is 9.97. The van der Waals surface area contributed by atoms with Crippen LogP contribution in [-0.2, 0) is 0 Å². The Morgan fingerprint density at radius 3 is 1.79 bits per heavy atom. The highest BCUT2D eigenvalue weighted by Crippen LogP contribution is 2.54. The van der Waals surface area contributed by atoms with Crippen molar-refractivity contribution in [2.45, 2.75) is 36.5 Å². The summed E-state index contributed by atoms with van der Waals surface area (Å²) in [5.74, 6) is -19.8. The zero-order valence-corrected chi connectivity index (χ0v) is 11.7. The predicted molar refractivity (Wildman–Crippen MR) is 67.0 cm³/mol. The first-order chi connectivity index (χ1) is 10.7. The van der Waals surface area contributed by atoms with E-state index in [0.717, 1.165) is 12.2 Å². The minimum atomic E-state index is -7.01. The van der Waals surface area contributed by atoms with Gasteiger partial charge in [0.15, 0.2) is 0 Å². The fraction of sp³-hybridized carbons (Fsp3) is 0.429. The van der Waals surface area contributed by atoms with E-state index in [1.165, 1.54) is 12.1 Å². The Morgan fingerprint density at radius 2 is 1.33 bits per heavy atom. The predicted octanol–water partition coefficient (Wildman–Crippen LogP) is 4.92. The monoisotopic (exact) mass is 366 g/mol. The van der Waals surface area contributed by atoms with Gasteiger partial charge < -0.3 is 5.11 Å². The highest BCUT2D eigenvalue weighted by molar-refractivity contribution is 5.48. The first-order valence-corrected chi connectivity index (χ1v) is 6.35. The van der Waals surface area contributed by atoms with Crippen molar-refractivity contribution in [3.05, 3.63) is 42.0 Å². The normalized spacial score (nSPS) is 15.8. The van der Waals surface area contributed by atoms with Crippen LogP contribution in [0.4, 0.5) is 39.5 Å². The minimum absolute atomic E-state index is 0.417. The lowest BCUT2D eigenvalue weighted by Gasteiger charge is -2.35. The van der Waals surface area contributed by atoms with Crippen LogP contribution in [0.3, 0.4) is 0 Å². The van der Waals surface area contributed by atoms with Crippen molar-refractivity contribution in [2.75, 3.05) is 0 Å². The molecular weight excluding hydrogens is 355 g/mol. The SMILES string of the molecule is OC(CC=Cc1ccccc1)C(F)(F)C(F)(F)C(F)(F)C(F)(F)F. The first kappa shape index (κ1) is 20.3. The van der Waals surface area contributed by atoms with Crippen LogP contribution in [0.15, 0.2) is 36.4 Å². The van der Waals surface area contributed by atoms with Crippen molar-refractivity contribution in [3.8, 4) is 0 Å². The highest BCUT2D eigenvalue weighted by Gasteiger charge is 2.82. The van der Waals surface area contributed by atoms with Crippen molar-refractivity contribution in [1.29, 1.82) is 0 Å². The van der Waals surface area contributed by atoms with E-state index in [4.69, 9.17) is 5.11 Å². The Kier molecular flexibility index (Phi) is 5.64. The zero-order chi connectivity index (χ0) is 18.8. The summed E-state index contributed by atoms with van der Waals surface area (Å²) in [5, 5.41) is 9.04. The summed E-state index contributed by atoms with van der Waals surface area (Å²) in [7, 11) is 0. The fourth-order valence-corrected chi connectivity index (χ4v) is 1.64. The van der Waals surface area contributed by atoms with Gasteiger partial charge in [-0.3, -0.25) is 0 Å². The van der Waals surface area contributed by atoms with E-state index in [0.29, 0.717) is 5.56 Å². The largest absolute Gasteiger partial charge is 0.460 e. The van der Waals surface area contributed by atoms with Gasteiger partial charge in [-0.1, -0.05) is 42.5 Å². The molecule has 24 heavy (non-hydrogen) atoms. The number of hydrogen-bond donors (Lipinski definition) is 1. The smallest absolute Gasteiger partial charge is 0.386 e. The lowest BCUT2D eigenvalue weighted by molar-refractivity contribution is -0.405. The number of aliphatic hydroxyl groups excluding tert-OH is 1. The van der Waals surface area contributed by atoms with Crippen molar-refractivity contribution in [2.24, 2.45) is 0 Å². The summed E-state index contributed by atoms with van der Waals surface area (Å²) in [6.07, 6.45) is -9.74. The minimum Gasteiger partial charge on any atom is -0.386 e. The third kappa shape index (κ3) is 3.68. The second-order valence-electron chi connectivity index (χ2n) is 4.83. The van der Waals surface area contributed by atoms with Gasteiger partial charge in [-0.2, -0.15) is 39.5 Å². The second-order valence-corrected chi connectivity index (χ2v) is 4.83. The molecule has 1 nitrogen and oxygen atoms in total. The molecule has 0 bridgehead atoms. The van der Waals surface area contributed by atoms with E-state index in [1.807, 2.05) is 0 Å². The quantitative estimate of drug-likeness (QED) is 0.709. The summed E-state index contributed by atoms with van der Waals surface area (Å²) < 4.78 is 114. The van der Waals surface area contributed by atoms with Gasteiger partial charge in [0.2, 0.25) is 0 Å². The number of hydrogen-bond acceptors (Lipinski definition) is 1. The molecular formula is C14H11F9O. The van der Waals surface area contributed by atoms with E-state index in [-0.39, 0.29) is 0 Å². The summed E-state index contributed by atoms with van der Waals surface area (Å²) in [6, 6.07) is 7.66. The lowest BCUT2D eigenvalue weighted by Crippen LogP contribution is -2.64. The molecule has 0 aromatic heterocycles. The second kappa shape index (κ2) is 6.66. The molecule has 0 saturated heterocycles. The van der Waals surface area contributed by atoms with Gasteiger partial charge in [0.1, 0.15) is 6.10 Å². The van der Waals surface area contributed by atoms with Gasteiger partial charge in [0.25, 0.3) is 0 Å². The van der Waals surface area contributed by atoms with E-state index in [2.05, 4.69) is 0 Å². The van der Waals surface area contributed by atoms with Gasteiger partial charge in [0, 0.05) is 0 Å². The van der Waals surface area contributed by atoms with Crippen LogP contribution < -0.4 is 0 Å². The molecule has 0 radical (unpaired) electrons. The Bertz CT molecular complexity index is 563. The molecule has 0 aliphatic rings. The fourth-order valence-electron chi connectivity index (χ4n) is 1.64. The molecule has 0 fully saturated rings. The molecule has 0 saturated carbocycles.